The van der Waals surface area contributed by atoms with E-state index >= 15 is 0 Å². The van der Waals surface area contributed by atoms with E-state index in [9.17, 15) is 14.4 Å². The lowest BCUT2D eigenvalue weighted by Gasteiger charge is -2.39. The summed E-state index contributed by atoms with van der Waals surface area (Å²) in [7, 11) is 1.54. The van der Waals surface area contributed by atoms with Gasteiger partial charge in [-0.1, -0.05) is 78.3 Å². The van der Waals surface area contributed by atoms with Gasteiger partial charge in [-0.15, -0.1) is 0 Å². The first-order chi connectivity index (χ1) is 20.4. The molecule has 4 aromatic rings. The van der Waals surface area contributed by atoms with Crippen LogP contribution in [0.15, 0.2) is 103 Å². The van der Waals surface area contributed by atoms with E-state index in [1.165, 1.54) is 0 Å². The molecular formula is C35H27ClN2O4. The van der Waals surface area contributed by atoms with E-state index in [0.717, 1.165) is 16.8 Å². The molecule has 7 heteroatoms. The Morgan fingerprint density at radius 3 is 2.45 bits per heavy atom. The van der Waals surface area contributed by atoms with Crippen LogP contribution in [-0.2, 0) is 10.2 Å². The van der Waals surface area contributed by atoms with Crippen molar-refractivity contribution in [2.75, 3.05) is 17.3 Å². The molecule has 0 bridgehead atoms. The van der Waals surface area contributed by atoms with E-state index in [-0.39, 0.29) is 28.1 Å². The largest absolute Gasteiger partial charge is 0.497 e. The van der Waals surface area contributed by atoms with Gasteiger partial charge in [-0.3, -0.25) is 14.4 Å². The van der Waals surface area contributed by atoms with Gasteiger partial charge >= 0.3 is 0 Å². The molecule has 3 aliphatic rings. The van der Waals surface area contributed by atoms with E-state index < -0.39 is 23.4 Å². The fourth-order valence-corrected chi connectivity index (χ4v) is 7.39. The van der Waals surface area contributed by atoms with Crippen molar-refractivity contribution in [3.05, 3.63) is 130 Å². The third-order valence-electron chi connectivity index (χ3n) is 8.93. The Labute approximate surface area is 248 Å². The van der Waals surface area contributed by atoms with Gasteiger partial charge in [0.05, 0.1) is 24.1 Å². The maximum atomic E-state index is 14.9. The third-order valence-corrected chi connectivity index (χ3v) is 9.26. The lowest BCUT2D eigenvalue weighted by Crippen LogP contribution is -2.51. The van der Waals surface area contributed by atoms with Gasteiger partial charge in [0.1, 0.15) is 17.2 Å². The number of halogens is 1. The van der Waals surface area contributed by atoms with Crippen LogP contribution < -0.4 is 15.0 Å². The van der Waals surface area contributed by atoms with Crippen molar-refractivity contribution < 1.29 is 19.1 Å². The predicted molar refractivity (Wildman–Crippen MR) is 163 cm³/mol. The first kappa shape index (κ1) is 26.2. The second-order valence-electron chi connectivity index (χ2n) is 11.0. The van der Waals surface area contributed by atoms with Crippen molar-refractivity contribution in [3.63, 3.8) is 0 Å². The van der Waals surface area contributed by atoms with Gasteiger partial charge in [0.15, 0.2) is 11.6 Å². The summed E-state index contributed by atoms with van der Waals surface area (Å²) in [6, 6.07) is 27.4. The lowest BCUT2D eigenvalue weighted by atomic mass is 9.64. The van der Waals surface area contributed by atoms with Crippen molar-refractivity contribution in [1.29, 1.82) is 0 Å². The summed E-state index contributed by atoms with van der Waals surface area (Å²) in [5.74, 6) is -1.51. The Morgan fingerprint density at radius 1 is 0.905 bits per heavy atom. The number of ketones is 2. The summed E-state index contributed by atoms with van der Waals surface area (Å²) < 4.78 is 5.44. The zero-order valence-electron chi connectivity index (χ0n) is 23.0. The van der Waals surface area contributed by atoms with Crippen LogP contribution in [0.3, 0.4) is 0 Å². The summed E-state index contributed by atoms with van der Waals surface area (Å²) in [5, 5.41) is 3.33. The molecule has 0 aromatic heterocycles. The van der Waals surface area contributed by atoms with Crippen LogP contribution in [0.4, 0.5) is 11.4 Å². The Bertz CT molecular complexity index is 1830. The molecule has 0 saturated carbocycles. The average Bonchev–Trinajstić information content (AvgIpc) is 3.49. The van der Waals surface area contributed by atoms with E-state index in [1.807, 2.05) is 66.4 Å². The number of hydrogen-bond donors (Lipinski definition) is 1. The Hall–Kier alpha value is -4.68. The molecule has 1 spiro atoms. The predicted octanol–water partition coefficient (Wildman–Crippen LogP) is 6.59. The van der Waals surface area contributed by atoms with E-state index in [2.05, 4.69) is 5.32 Å². The normalized spacial score (nSPS) is 23.5. The van der Waals surface area contributed by atoms with Crippen LogP contribution in [0, 0.1) is 5.92 Å². The maximum Gasteiger partial charge on any atom is 0.238 e. The number of anilines is 2. The highest BCUT2D eigenvalue weighted by atomic mass is 35.5. The highest BCUT2D eigenvalue weighted by molar-refractivity contribution is 6.34. The number of allylic oxidation sites excluding steroid dienone is 1. The number of benzene rings is 4. The first-order valence-electron chi connectivity index (χ1n) is 13.8. The van der Waals surface area contributed by atoms with Gasteiger partial charge in [0, 0.05) is 28.1 Å². The zero-order chi connectivity index (χ0) is 29.2. The number of Topliss-reactive ketones (excluding diaryl/α,β-unsaturated/α-hetero) is 2. The van der Waals surface area contributed by atoms with Crippen molar-refractivity contribution in [3.8, 4) is 5.75 Å². The van der Waals surface area contributed by atoms with Crippen LogP contribution in [0.2, 0.25) is 5.02 Å². The molecule has 4 unspecified atom stereocenters. The van der Waals surface area contributed by atoms with E-state index in [1.54, 1.807) is 55.6 Å². The highest BCUT2D eigenvalue weighted by Gasteiger charge is 2.70. The molecule has 4 aromatic carbocycles. The summed E-state index contributed by atoms with van der Waals surface area (Å²) in [5.41, 5.74) is 3.32. The number of ether oxygens (including phenoxy) is 1. The number of amides is 1. The van der Waals surface area contributed by atoms with Gasteiger partial charge in [-0.25, -0.2) is 0 Å². The number of carbonyl (C=O) groups excluding carboxylic acids is 3. The standard InChI is InChI=1S/C35H27ClN2O4/c1-20-18-29-35(25-14-5-7-16-27(25)37-34(35)41)30(33(40)24-13-3-6-15-26(24)36)31(38(29)28-17-8-4-12-23(20)28)32(39)21-10-9-11-22(19-21)42-2/h3-19,29-31H,1-2H3,(H,37,41). The fourth-order valence-electron chi connectivity index (χ4n) is 7.16. The summed E-state index contributed by atoms with van der Waals surface area (Å²) in [4.78, 5) is 46.2. The molecule has 4 atom stereocenters. The zero-order valence-corrected chi connectivity index (χ0v) is 23.8. The van der Waals surface area contributed by atoms with Crippen molar-refractivity contribution in [2.24, 2.45) is 5.92 Å². The smallest absolute Gasteiger partial charge is 0.238 e. The molecular weight excluding hydrogens is 548 g/mol. The van der Waals surface area contributed by atoms with Gasteiger partial charge in [-0.2, -0.15) is 0 Å². The minimum absolute atomic E-state index is 0.272. The Kier molecular flexibility index (Phi) is 6.06. The third kappa shape index (κ3) is 3.55. The van der Waals surface area contributed by atoms with Crippen LogP contribution in [0.1, 0.15) is 38.8 Å². The number of hydrogen-bond acceptors (Lipinski definition) is 5. The second-order valence-corrected chi connectivity index (χ2v) is 11.4. The molecule has 0 aliphatic carbocycles. The van der Waals surface area contributed by atoms with Crippen molar-refractivity contribution >= 4 is 46.0 Å². The van der Waals surface area contributed by atoms with Gasteiger partial charge in [0.2, 0.25) is 5.91 Å². The monoisotopic (exact) mass is 574 g/mol. The number of carbonyl (C=O) groups is 3. The number of nitrogens with one attached hydrogen (secondary N) is 1. The van der Waals surface area contributed by atoms with Gasteiger partial charge in [0.25, 0.3) is 0 Å². The topological polar surface area (TPSA) is 75.7 Å². The summed E-state index contributed by atoms with van der Waals surface area (Å²) in [6.45, 7) is 2.00. The first-order valence-corrected chi connectivity index (χ1v) is 14.2. The molecule has 1 amide bonds. The SMILES string of the molecule is COc1cccc(C(=O)C2C(C(=O)c3ccccc3Cl)C3(C(=O)Nc4ccccc43)C3C=C(C)c4ccccc4N23)c1. The van der Waals surface area contributed by atoms with Crippen molar-refractivity contribution in [1.82, 2.24) is 0 Å². The Morgan fingerprint density at radius 2 is 1.64 bits per heavy atom. The molecule has 7 rings (SSSR count). The molecule has 1 fully saturated rings. The highest BCUT2D eigenvalue weighted by Crippen LogP contribution is 2.59. The van der Waals surface area contributed by atoms with Gasteiger partial charge in [-0.05, 0) is 54.5 Å². The second kappa shape index (κ2) is 9.71. The average molecular weight is 575 g/mol. The van der Waals surface area contributed by atoms with Crippen LogP contribution in [0.25, 0.3) is 5.57 Å². The quantitative estimate of drug-likeness (QED) is 0.272. The van der Waals surface area contributed by atoms with Crippen LogP contribution in [0.5, 0.6) is 5.75 Å². The van der Waals surface area contributed by atoms with Gasteiger partial charge < -0.3 is 15.0 Å². The van der Waals surface area contributed by atoms with Crippen LogP contribution >= 0.6 is 11.6 Å². The number of nitrogens with zero attached hydrogens (tertiary/aromatic N) is 1. The Balaban J connectivity index is 1.56. The summed E-state index contributed by atoms with van der Waals surface area (Å²) >= 11 is 6.62. The number of fused-ring (bicyclic) bond motifs is 6. The molecule has 42 heavy (non-hydrogen) atoms. The van der Waals surface area contributed by atoms with Crippen molar-refractivity contribution in [2.45, 2.75) is 24.4 Å². The molecule has 6 nitrogen and oxygen atoms in total. The number of rotatable bonds is 5. The molecule has 1 N–H and O–H groups in total. The molecule has 0 radical (unpaired) electrons. The minimum Gasteiger partial charge on any atom is -0.497 e. The number of methoxy groups -OCH3 is 1. The molecule has 1 saturated heterocycles. The number of para-hydroxylation sites is 2. The molecule has 3 heterocycles. The maximum absolute atomic E-state index is 14.9. The fraction of sp³-hybridized carbons (Fsp3) is 0.171. The molecule has 208 valence electrons. The molecule has 3 aliphatic heterocycles. The lowest BCUT2D eigenvalue weighted by molar-refractivity contribution is -0.121. The minimum atomic E-state index is -1.40. The summed E-state index contributed by atoms with van der Waals surface area (Å²) in [6.07, 6.45) is 2.04. The van der Waals surface area contributed by atoms with E-state index in [0.29, 0.717) is 22.6 Å². The van der Waals surface area contributed by atoms with Crippen LogP contribution in [-0.4, -0.2) is 36.7 Å². The van der Waals surface area contributed by atoms with E-state index in [4.69, 9.17) is 16.3 Å².